The van der Waals surface area contributed by atoms with E-state index in [4.69, 9.17) is 5.73 Å². The third-order valence-corrected chi connectivity index (χ3v) is 2.51. The topological polar surface area (TPSA) is 83.7 Å². The minimum absolute atomic E-state index is 0.231. The van der Waals surface area contributed by atoms with Gasteiger partial charge in [-0.15, -0.1) is 6.58 Å². The van der Waals surface area contributed by atoms with Gasteiger partial charge in [-0.3, -0.25) is 0 Å². The Morgan fingerprint density at radius 2 is 2.29 bits per heavy atom. The number of aromatic amines is 1. The molecule has 0 aromatic carbocycles. The number of hydrogen-bond donors (Lipinski definition) is 2. The average molecular weight is 232 g/mol. The lowest BCUT2D eigenvalue weighted by molar-refractivity contribution is 0.714. The number of nitrogens with two attached hydrogens (primary N) is 1. The van der Waals surface area contributed by atoms with Crippen LogP contribution in [-0.2, 0) is 0 Å². The van der Waals surface area contributed by atoms with E-state index in [1.165, 1.54) is 0 Å². The molecule has 0 aliphatic carbocycles. The summed E-state index contributed by atoms with van der Waals surface area (Å²) in [5, 5.41) is 0. The van der Waals surface area contributed by atoms with E-state index in [9.17, 15) is 0 Å². The maximum atomic E-state index is 5.69. The number of rotatable bonds is 4. The molecule has 0 aliphatic heterocycles. The maximum Gasteiger partial charge on any atom is 0.224 e. The lowest BCUT2D eigenvalue weighted by Crippen LogP contribution is -2.32. The van der Waals surface area contributed by atoms with Gasteiger partial charge in [0.2, 0.25) is 5.95 Å². The van der Waals surface area contributed by atoms with E-state index in [0.29, 0.717) is 12.2 Å². The molecule has 2 aromatic rings. The van der Waals surface area contributed by atoms with Crippen LogP contribution in [0.2, 0.25) is 0 Å². The zero-order chi connectivity index (χ0) is 12.4. The summed E-state index contributed by atoms with van der Waals surface area (Å²) in [6, 6.07) is 0.286. The maximum absolute atomic E-state index is 5.69. The number of fused-ring (bicyclic) bond motifs is 1. The summed E-state index contributed by atoms with van der Waals surface area (Å²) in [5.74, 6) is 0.995. The largest absolute Gasteiger partial charge is 0.368 e. The van der Waals surface area contributed by atoms with Crippen molar-refractivity contribution in [3.8, 4) is 0 Å². The Morgan fingerprint density at radius 1 is 1.53 bits per heavy atom. The first kappa shape index (κ1) is 11.4. The fourth-order valence-corrected chi connectivity index (χ4v) is 1.72. The normalized spacial score (nSPS) is 11.0. The van der Waals surface area contributed by atoms with Gasteiger partial charge in [-0.25, -0.2) is 4.98 Å². The van der Waals surface area contributed by atoms with Crippen LogP contribution in [0, 0.1) is 0 Å². The van der Waals surface area contributed by atoms with E-state index in [1.54, 1.807) is 6.33 Å². The van der Waals surface area contributed by atoms with Crippen LogP contribution in [0.15, 0.2) is 19.0 Å². The fraction of sp³-hybridized carbons (Fsp3) is 0.364. The van der Waals surface area contributed by atoms with Gasteiger partial charge < -0.3 is 15.6 Å². The Bertz CT molecular complexity index is 530. The summed E-state index contributed by atoms with van der Waals surface area (Å²) in [6.45, 7) is 8.63. The Morgan fingerprint density at radius 3 is 2.94 bits per heavy atom. The summed E-state index contributed by atoms with van der Waals surface area (Å²) in [5.41, 5.74) is 7.08. The number of H-pyrrole nitrogens is 1. The molecular weight excluding hydrogens is 216 g/mol. The van der Waals surface area contributed by atoms with Crippen molar-refractivity contribution in [2.24, 2.45) is 0 Å². The second kappa shape index (κ2) is 4.40. The molecule has 0 saturated carbocycles. The van der Waals surface area contributed by atoms with Gasteiger partial charge in [-0.05, 0) is 13.8 Å². The number of imidazole rings is 1. The molecule has 17 heavy (non-hydrogen) atoms. The van der Waals surface area contributed by atoms with Gasteiger partial charge in [0.25, 0.3) is 0 Å². The summed E-state index contributed by atoms with van der Waals surface area (Å²) in [4.78, 5) is 17.6. The zero-order valence-corrected chi connectivity index (χ0v) is 10.0. The molecule has 6 heteroatoms. The highest BCUT2D eigenvalue weighted by Gasteiger charge is 2.16. The second-order valence-electron chi connectivity index (χ2n) is 4.04. The summed E-state index contributed by atoms with van der Waals surface area (Å²) >= 11 is 0. The number of nitrogens with zero attached hydrogens (tertiary/aromatic N) is 4. The van der Waals surface area contributed by atoms with Gasteiger partial charge in [-0.2, -0.15) is 9.97 Å². The quantitative estimate of drug-likeness (QED) is 0.777. The summed E-state index contributed by atoms with van der Waals surface area (Å²) < 4.78 is 0. The number of nitrogens with one attached hydrogen (secondary N) is 1. The van der Waals surface area contributed by atoms with Crippen LogP contribution in [0.3, 0.4) is 0 Å². The molecule has 2 heterocycles. The van der Waals surface area contributed by atoms with Crippen LogP contribution in [0.1, 0.15) is 13.8 Å². The second-order valence-corrected chi connectivity index (χ2v) is 4.04. The van der Waals surface area contributed by atoms with E-state index in [-0.39, 0.29) is 12.0 Å². The Labute approximate surface area is 99.6 Å². The predicted octanol–water partition coefficient (Wildman–Crippen LogP) is 1.34. The number of hydrogen-bond acceptors (Lipinski definition) is 5. The van der Waals surface area contributed by atoms with Crippen molar-refractivity contribution in [3.63, 3.8) is 0 Å². The molecule has 0 bridgehead atoms. The van der Waals surface area contributed by atoms with Crippen molar-refractivity contribution in [2.45, 2.75) is 19.9 Å². The first-order chi connectivity index (χ1) is 8.13. The first-order valence-corrected chi connectivity index (χ1v) is 5.47. The van der Waals surface area contributed by atoms with Crippen LogP contribution in [0.25, 0.3) is 11.2 Å². The van der Waals surface area contributed by atoms with Gasteiger partial charge in [-0.1, -0.05) is 6.08 Å². The van der Waals surface area contributed by atoms with Crippen molar-refractivity contribution in [1.29, 1.82) is 0 Å². The average Bonchev–Trinajstić information content (AvgIpc) is 2.72. The molecule has 3 N–H and O–H groups in total. The van der Waals surface area contributed by atoms with E-state index >= 15 is 0 Å². The lowest BCUT2D eigenvalue weighted by Gasteiger charge is -2.26. The van der Waals surface area contributed by atoms with Gasteiger partial charge in [0.05, 0.1) is 6.33 Å². The van der Waals surface area contributed by atoms with E-state index in [0.717, 1.165) is 11.3 Å². The molecule has 2 aromatic heterocycles. The summed E-state index contributed by atoms with van der Waals surface area (Å²) in [7, 11) is 0. The number of nitrogen functional groups attached to an aromatic ring is 1. The van der Waals surface area contributed by atoms with Crippen molar-refractivity contribution in [2.75, 3.05) is 17.2 Å². The lowest BCUT2D eigenvalue weighted by atomic mass is 10.3. The molecule has 6 nitrogen and oxygen atoms in total. The SMILES string of the molecule is C=CCN(c1nc(N)nc2nc[nH]c12)C(C)C. The van der Waals surface area contributed by atoms with E-state index < -0.39 is 0 Å². The number of aromatic nitrogens is 4. The highest BCUT2D eigenvalue weighted by atomic mass is 15.2. The minimum Gasteiger partial charge on any atom is -0.368 e. The Hall–Kier alpha value is -2.11. The summed E-state index contributed by atoms with van der Waals surface area (Å²) in [6.07, 6.45) is 3.43. The van der Waals surface area contributed by atoms with Crippen LogP contribution < -0.4 is 10.6 Å². The molecule has 0 spiro atoms. The van der Waals surface area contributed by atoms with Crippen LogP contribution >= 0.6 is 0 Å². The highest BCUT2D eigenvalue weighted by molar-refractivity contribution is 5.84. The molecule has 2 rings (SSSR count). The first-order valence-electron chi connectivity index (χ1n) is 5.47. The van der Waals surface area contributed by atoms with Gasteiger partial charge >= 0.3 is 0 Å². The van der Waals surface area contributed by atoms with E-state index in [1.807, 2.05) is 6.08 Å². The molecule has 0 unspecified atom stereocenters. The molecule has 0 fully saturated rings. The van der Waals surface area contributed by atoms with E-state index in [2.05, 4.69) is 45.3 Å². The third-order valence-electron chi connectivity index (χ3n) is 2.51. The number of anilines is 2. The van der Waals surface area contributed by atoms with Crippen molar-refractivity contribution in [1.82, 2.24) is 19.9 Å². The Kier molecular flexibility index (Phi) is 2.95. The van der Waals surface area contributed by atoms with Crippen molar-refractivity contribution < 1.29 is 0 Å². The van der Waals surface area contributed by atoms with Crippen molar-refractivity contribution >= 4 is 22.9 Å². The smallest absolute Gasteiger partial charge is 0.224 e. The highest BCUT2D eigenvalue weighted by Crippen LogP contribution is 2.23. The predicted molar refractivity (Wildman–Crippen MR) is 68.8 cm³/mol. The van der Waals surface area contributed by atoms with Gasteiger partial charge in [0.1, 0.15) is 5.52 Å². The zero-order valence-electron chi connectivity index (χ0n) is 10.0. The molecule has 0 amide bonds. The fourth-order valence-electron chi connectivity index (χ4n) is 1.72. The van der Waals surface area contributed by atoms with Crippen LogP contribution in [0.4, 0.5) is 11.8 Å². The molecule has 0 atom stereocenters. The van der Waals surface area contributed by atoms with Crippen molar-refractivity contribution in [3.05, 3.63) is 19.0 Å². The Balaban J connectivity index is 2.58. The molecule has 0 saturated heterocycles. The molecule has 90 valence electrons. The molecular formula is C11H16N6. The molecule has 0 aliphatic rings. The van der Waals surface area contributed by atoms with Gasteiger partial charge in [0, 0.05) is 12.6 Å². The van der Waals surface area contributed by atoms with Gasteiger partial charge in [0.15, 0.2) is 11.5 Å². The van der Waals surface area contributed by atoms with Crippen LogP contribution in [0.5, 0.6) is 0 Å². The van der Waals surface area contributed by atoms with Crippen LogP contribution in [-0.4, -0.2) is 32.5 Å². The minimum atomic E-state index is 0.231. The molecule has 0 radical (unpaired) electrons. The standard InChI is InChI=1S/C11H16N6/c1-4-5-17(7(2)3)10-8-9(14-6-13-8)15-11(12)16-10/h4,6-7H,1,5H2,2-3H3,(H3,12,13,14,15,16). The monoisotopic (exact) mass is 232 g/mol. The third kappa shape index (κ3) is 2.06.